The highest BCUT2D eigenvalue weighted by atomic mass is 32.1. The average Bonchev–Trinajstić information content (AvgIpc) is 3.43. The number of likely N-dealkylation sites (tertiary alicyclic amines) is 1. The van der Waals surface area contributed by atoms with Crippen LogP contribution in [-0.4, -0.2) is 48.8 Å². The molecular formula is C21H33N3O2S. The quantitative estimate of drug-likeness (QED) is 0.776. The van der Waals surface area contributed by atoms with E-state index >= 15 is 0 Å². The second kappa shape index (κ2) is 8.93. The normalized spacial score (nSPS) is 27.9. The number of nitrogens with zero attached hydrogens (tertiary/aromatic N) is 1. The zero-order valence-electron chi connectivity index (χ0n) is 16.3. The van der Waals surface area contributed by atoms with Gasteiger partial charge in [0.05, 0.1) is 11.7 Å². The summed E-state index contributed by atoms with van der Waals surface area (Å²) in [6.45, 7) is 4.69. The largest absolute Gasteiger partial charge is 0.370 e. The van der Waals surface area contributed by atoms with Crippen LogP contribution in [0, 0.1) is 5.92 Å². The summed E-state index contributed by atoms with van der Waals surface area (Å²) in [7, 11) is 0. The summed E-state index contributed by atoms with van der Waals surface area (Å²) in [5.41, 5.74) is 0.150. The van der Waals surface area contributed by atoms with E-state index in [1.165, 1.54) is 56.4 Å². The maximum Gasteiger partial charge on any atom is 0.314 e. The topological polar surface area (TPSA) is 53.6 Å². The lowest BCUT2D eigenvalue weighted by molar-refractivity contribution is -0.0341. The molecule has 150 valence electrons. The Morgan fingerprint density at radius 1 is 1.19 bits per heavy atom. The first-order chi connectivity index (χ1) is 13.2. The molecule has 5 nitrogen and oxygen atoms in total. The van der Waals surface area contributed by atoms with Crippen molar-refractivity contribution in [1.29, 1.82) is 0 Å². The smallest absolute Gasteiger partial charge is 0.314 e. The summed E-state index contributed by atoms with van der Waals surface area (Å²) in [6.07, 6.45) is 9.89. The van der Waals surface area contributed by atoms with Gasteiger partial charge >= 0.3 is 6.03 Å². The van der Waals surface area contributed by atoms with E-state index in [2.05, 4.69) is 33.0 Å². The lowest BCUT2D eigenvalue weighted by Crippen LogP contribution is -2.45. The number of rotatable bonds is 6. The van der Waals surface area contributed by atoms with E-state index in [4.69, 9.17) is 4.74 Å². The van der Waals surface area contributed by atoms with Gasteiger partial charge in [-0.1, -0.05) is 18.9 Å². The third kappa shape index (κ3) is 5.24. The average molecular weight is 392 g/mol. The fraction of sp³-hybridized carbons (Fsp3) is 0.762. The Hall–Kier alpha value is -1.11. The van der Waals surface area contributed by atoms with E-state index < -0.39 is 0 Å². The van der Waals surface area contributed by atoms with Gasteiger partial charge in [-0.3, -0.25) is 4.90 Å². The van der Waals surface area contributed by atoms with E-state index in [1.807, 2.05) is 11.3 Å². The molecule has 2 saturated heterocycles. The number of hydrogen-bond acceptors (Lipinski definition) is 4. The van der Waals surface area contributed by atoms with Crippen LogP contribution in [0.25, 0.3) is 0 Å². The molecule has 2 unspecified atom stereocenters. The second-order valence-corrected chi connectivity index (χ2v) is 9.61. The summed E-state index contributed by atoms with van der Waals surface area (Å²) in [4.78, 5) is 16.2. The molecule has 6 heteroatoms. The van der Waals surface area contributed by atoms with Crippen molar-refractivity contribution in [3.8, 4) is 0 Å². The van der Waals surface area contributed by atoms with Gasteiger partial charge in [0.25, 0.3) is 0 Å². The lowest BCUT2D eigenvalue weighted by Gasteiger charge is -2.32. The number of piperidine rings is 1. The Labute approximate surface area is 166 Å². The molecule has 3 heterocycles. The predicted octanol–water partition coefficient (Wildman–Crippen LogP) is 3.75. The summed E-state index contributed by atoms with van der Waals surface area (Å²) in [6, 6.07) is 4.29. The van der Waals surface area contributed by atoms with Gasteiger partial charge in [0.1, 0.15) is 0 Å². The lowest BCUT2D eigenvalue weighted by atomic mass is 9.98. The molecule has 4 rings (SSSR count). The standard InChI is InChI=1S/C21H33N3O2S/c25-20(23-14-18-7-10-21(26-18)8-1-2-9-21)22-13-17-5-3-11-24(15-17)16-19-6-4-12-27-19/h4,6,12,17-18H,1-3,5,7-11,13-16H2,(H2,22,23,25). The molecule has 3 fully saturated rings. The van der Waals surface area contributed by atoms with Gasteiger partial charge in [0.2, 0.25) is 0 Å². The molecule has 1 aliphatic carbocycles. The van der Waals surface area contributed by atoms with Gasteiger partial charge in [0.15, 0.2) is 0 Å². The number of nitrogens with one attached hydrogen (secondary N) is 2. The van der Waals surface area contributed by atoms with Crippen LogP contribution in [0.2, 0.25) is 0 Å². The van der Waals surface area contributed by atoms with Crippen LogP contribution >= 0.6 is 11.3 Å². The number of thiophene rings is 1. The van der Waals surface area contributed by atoms with E-state index in [1.54, 1.807) is 0 Å². The molecule has 3 aliphatic rings. The summed E-state index contributed by atoms with van der Waals surface area (Å²) in [5.74, 6) is 0.550. The van der Waals surface area contributed by atoms with Crippen LogP contribution in [-0.2, 0) is 11.3 Å². The monoisotopic (exact) mass is 391 g/mol. The second-order valence-electron chi connectivity index (χ2n) is 8.58. The van der Waals surface area contributed by atoms with Crippen molar-refractivity contribution in [3.63, 3.8) is 0 Å². The number of urea groups is 1. The van der Waals surface area contributed by atoms with Crippen LogP contribution in [0.4, 0.5) is 4.79 Å². The first kappa shape index (κ1) is 19.2. The number of carbonyl (C=O) groups excluding carboxylic acids is 1. The fourth-order valence-corrected chi connectivity index (χ4v) is 5.76. The summed E-state index contributed by atoms with van der Waals surface area (Å²) >= 11 is 1.83. The fourth-order valence-electron chi connectivity index (χ4n) is 5.02. The highest BCUT2D eigenvalue weighted by Crippen LogP contribution is 2.43. The summed E-state index contributed by atoms with van der Waals surface area (Å²) < 4.78 is 6.27. The van der Waals surface area contributed by atoms with Crippen molar-refractivity contribution in [2.24, 2.45) is 5.92 Å². The van der Waals surface area contributed by atoms with Crippen LogP contribution in [0.15, 0.2) is 17.5 Å². The molecule has 0 radical (unpaired) electrons. The summed E-state index contributed by atoms with van der Waals surface area (Å²) in [5, 5.41) is 8.26. The molecular weight excluding hydrogens is 358 g/mol. The zero-order valence-corrected chi connectivity index (χ0v) is 17.1. The Kier molecular flexibility index (Phi) is 6.35. The minimum Gasteiger partial charge on any atom is -0.370 e. The van der Waals surface area contributed by atoms with Gasteiger partial charge in [-0.15, -0.1) is 11.3 Å². The van der Waals surface area contributed by atoms with E-state index in [0.717, 1.165) is 26.1 Å². The number of amides is 2. The highest BCUT2D eigenvalue weighted by Gasteiger charge is 2.42. The van der Waals surface area contributed by atoms with Crippen LogP contribution < -0.4 is 10.6 Å². The van der Waals surface area contributed by atoms with Crippen LogP contribution in [0.3, 0.4) is 0 Å². The van der Waals surface area contributed by atoms with Crippen LogP contribution in [0.5, 0.6) is 0 Å². The first-order valence-electron chi connectivity index (χ1n) is 10.7. The molecule has 1 spiro atoms. The third-order valence-electron chi connectivity index (χ3n) is 6.46. The predicted molar refractivity (Wildman–Crippen MR) is 109 cm³/mol. The number of ether oxygens (including phenoxy) is 1. The molecule has 1 aromatic heterocycles. The molecule has 2 amide bonds. The van der Waals surface area contributed by atoms with E-state index in [-0.39, 0.29) is 17.7 Å². The SMILES string of the molecule is O=C(NCC1CCCN(Cc2cccs2)C1)NCC1CCC2(CCCC2)O1. The molecule has 2 aliphatic heterocycles. The van der Waals surface area contributed by atoms with Gasteiger partial charge in [0, 0.05) is 31.1 Å². The van der Waals surface area contributed by atoms with E-state index in [9.17, 15) is 4.79 Å². The van der Waals surface area contributed by atoms with Crippen molar-refractivity contribution < 1.29 is 9.53 Å². The Bertz CT molecular complexity index is 601. The number of carbonyl (C=O) groups is 1. The zero-order chi connectivity index (χ0) is 18.5. The minimum absolute atomic E-state index is 0.0404. The van der Waals surface area contributed by atoms with Gasteiger partial charge in [-0.05, 0) is 62.4 Å². The van der Waals surface area contributed by atoms with Gasteiger partial charge in [-0.25, -0.2) is 4.79 Å². The molecule has 1 saturated carbocycles. The highest BCUT2D eigenvalue weighted by molar-refractivity contribution is 7.09. The maximum atomic E-state index is 12.2. The molecule has 1 aromatic rings. The van der Waals surface area contributed by atoms with Crippen molar-refractivity contribution in [2.45, 2.75) is 69.6 Å². The minimum atomic E-state index is -0.0404. The Morgan fingerprint density at radius 2 is 2.04 bits per heavy atom. The maximum absolute atomic E-state index is 12.2. The van der Waals surface area contributed by atoms with Crippen molar-refractivity contribution in [1.82, 2.24) is 15.5 Å². The molecule has 0 bridgehead atoms. The van der Waals surface area contributed by atoms with Crippen molar-refractivity contribution in [2.75, 3.05) is 26.2 Å². The van der Waals surface area contributed by atoms with E-state index in [0.29, 0.717) is 12.5 Å². The van der Waals surface area contributed by atoms with Crippen molar-refractivity contribution in [3.05, 3.63) is 22.4 Å². The third-order valence-corrected chi connectivity index (χ3v) is 7.32. The molecule has 27 heavy (non-hydrogen) atoms. The first-order valence-corrected chi connectivity index (χ1v) is 11.5. The van der Waals surface area contributed by atoms with Crippen molar-refractivity contribution >= 4 is 17.4 Å². The molecule has 0 aromatic carbocycles. The van der Waals surface area contributed by atoms with Gasteiger partial charge in [-0.2, -0.15) is 0 Å². The van der Waals surface area contributed by atoms with Gasteiger partial charge < -0.3 is 15.4 Å². The number of hydrogen-bond donors (Lipinski definition) is 2. The Balaban J connectivity index is 1.13. The Morgan fingerprint density at radius 3 is 2.85 bits per heavy atom. The van der Waals surface area contributed by atoms with Crippen LogP contribution in [0.1, 0.15) is 56.2 Å². The molecule has 2 atom stereocenters. The molecule has 2 N–H and O–H groups in total.